The molecule has 3 amide bonds. The number of amides is 3. The predicted molar refractivity (Wildman–Crippen MR) is 133 cm³/mol. The van der Waals surface area contributed by atoms with Crippen molar-refractivity contribution in [1.82, 2.24) is 25.3 Å². The van der Waals surface area contributed by atoms with Gasteiger partial charge >= 0.3 is 0 Å². The molecule has 1 saturated carbocycles. The topological polar surface area (TPSA) is 190 Å². The van der Waals surface area contributed by atoms with E-state index in [1.165, 1.54) is 18.1 Å². The van der Waals surface area contributed by atoms with Gasteiger partial charge in [0.1, 0.15) is 17.9 Å². The number of nitrogens with zero attached hydrogens (tertiary/aromatic N) is 5. The Morgan fingerprint density at radius 2 is 2.05 bits per heavy atom. The Morgan fingerprint density at radius 3 is 2.76 bits per heavy atom. The molecular weight excluding hydrogens is 478 g/mol. The number of pyridine rings is 1. The van der Waals surface area contributed by atoms with E-state index in [2.05, 4.69) is 31.1 Å². The Kier molecular flexibility index (Phi) is 7.58. The van der Waals surface area contributed by atoms with Crippen molar-refractivity contribution in [1.29, 1.82) is 5.26 Å². The van der Waals surface area contributed by atoms with E-state index < -0.39 is 5.91 Å². The average Bonchev–Trinajstić information content (AvgIpc) is 3.63. The van der Waals surface area contributed by atoms with Crippen molar-refractivity contribution >= 4 is 34.9 Å². The van der Waals surface area contributed by atoms with E-state index in [0.717, 1.165) is 12.8 Å². The zero-order chi connectivity index (χ0) is 26.4. The second kappa shape index (κ2) is 11.2. The van der Waals surface area contributed by atoms with Gasteiger partial charge in [0, 0.05) is 30.3 Å². The van der Waals surface area contributed by atoms with Crippen LogP contribution in [0.15, 0.2) is 36.7 Å². The van der Waals surface area contributed by atoms with Crippen molar-refractivity contribution in [2.24, 2.45) is 11.7 Å². The lowest BCUT2D eigenvalue weighted by atomic mass is 10.1. The highest BCUT2D eigenvalue weighted by Gasteiger charge is 2.30. The molecule has 0 atom stereocenters. The minimum absolute atomic E-state index is 0.00645. The van der Waals surface area contributed by atoms with E-state index in [0.29, 0.717) is 40.7 Å². The van der Waals surface area contributed by atoms with Gasteiger partial charge in [0.2, 0.25) is 11.8 Å². The molecule has 13 nitrogen and oxygen atoms in total. The summed E-state index contributed by atoms with van der Waals surface area (Å²) in [7, 11) is 1.50. The maximum Gasteiger partial charge on any atom is 0.252 e. The predicted octanol–water partition coefficient (Wildman–Crippen LogP) is 1.57. The molecule has 1 aliphatic rings. The summed E-state index contributed by atoms with van der Waals surface area (Å²) in [5.74, 6) is -0.436. The number of rotatable bonds is 11. The van der Waals surface area contributed by atoms with Gasteiger partial charge in [-0.15, -0.1) is 0 Å². The Balaban J connectivity index is 1.56. The Hall–Kier alpha value is -4.99. The maximum atomic E-state index is 12.2. The number of carbonyl (C=O) groups excluding carboxylic acids is 3. The van der Waals surface area contributed by atoms with Gasteiger partial charge in [-0.25, -0.2) is 4.98 Å². The van der Waals surface area contributed by atoms with Crippen LogP contribution in [-0.4, -0.2) is 51.4 Å². The molecule has 2 aromatic heterocycles. The Morgan fingerprint density at radius 1 is 1.24 bits per heavy atom. The normalized spacial score (nSPS) is 12.3. The molecule has 13 heteroatoms. The largest absolute Gasteiger partial charge is 0.494 e. The van der Waals surface area contributed by atoms with Crippen LogP contribution in [0.25, 0.3) is 11.3 Å². The summed E-state index contributed by atoms with van der Waals surface area (Å²) >= 11 is 0. The van der Waals surface area contributed by atoms with E-state index in [1.54, 1.807) is 36.5 Å². The van der Waals surface area contributed by atoms with Crippen molar-refractivity contribution in [3.05, 3.63) is 42.2 Å². The van der Waals surface area contributed by atoms with E-state index in [-0.39, 0.29) is 36.3 Å². The highest BCUT2D eigenvalue weighted by molar-refractivity contribution is 6.01. The van der Waals surface area contributed by atoms with E-state index in [4.69, 9.17) is 15.7 Å². The van der Waals surface area contributed by atoms with Gasteiger partial charge in [0.05, 0.1) is 42.9 Å². The molecule has 0 saturated heterocycles. The third-order valence-corrected chi connectivity index (χ3v) is 5.54. The van der Waals surface area contributed by atoms with Crippen molar-refractivity contribution in [2.45, 2.75) is 25.8 Å². The van der Waals surface area contributed by atoms with Gasteiger partial charge in [-0.2, -0.15) is 20.3 Å². The molecule has 0 aliphatic heterocycles. The van der Waals surface area contributed by atoms with E-state index in [1.807, 2.05) is 0 Å². The molecule has 3 aromatic rings. The fraction of sp³-hybridized carbons (Fsp3) is 0.292. The summed E-state index contributed by atoms with van der Waals surface area (Å²) in [5, 5.41) is 25.8. The fourth-order valence-electron chi connectivity index (χ4n) is 3.56. The average molecular weight is 504 g/mol. The molecule has 1 aliphatic carbocycles. The first-order valence-corrected chi connectivity index (χ1v) is 11.5. The zero-order valence-corrected chi connectivity index (χ0v) is 20.0. The number of benzene rings is 1. The summed E-state index contributed by atoms with van der Waals surface area (Å²) in [5.41, 5.74) is 7.70. The number of aromatic nitrogens is 4. The minimum atomic E-state index is -0.685. The second-order valence-corrected chi connectivity index (χ2v) is 8.26. The number of hydrogen-bond donors (Lipinski definition) is 4. The van der Waals surface area contributed by atoms with Crippen LogP contribution in [0.4, 0.5) is 17.2 Å². The van der Waals surface area contributed by atoms with Gasteiger partial charge in [-0.05, 0) is 25.0 Å². The summed E-state index contributed by atoms with van der Waals surface area (Å²) in [6.07, 6.45) is 4.36. The van der Waals surface area contributed by atoms with Crippen LogP contribution in [-0.2, 0) is 16.1 Å². The Bertz CT molecular complexity index is 1370. The highest BCUT2D eigenvalue weighted by Crippen LogP contribution is 2.38. The van der Waals surface area contributed by atoms with Crippen LogP contribution in [0.5, 0.6) is 5.75 Å². The number of para-hydroxylation sites is 1. The molecule has 0 bridgehead atoms. The van der Waals surface area contributed by atoms with E-state index >= 15 is 0 Å². The maximum absolute atomic E-state index is 12.2. The summed E-state index contributed by atoms with van der Waals surface area (Å²) in [4.78, 5) is 41.2. The molecule has 0 unspecified atom stereocenters. The smallest absolute Gasteiger partial charge is 0.252 e. The summed E-state index contributed by atoms with van der Waals surface area (Å²) in [6.45, 7) is 0.580. The number of anilines is 3. The number of ether oxygens (including phenoxy) is 1. The van der Waals surface area contributed by atoms with Gasteiger partial charge in [-0.3, -0.25) is 14.4 Å². The first-order valence-electron chi connectivity index (χ1n) is 11.5. The molecule has 5 N–H and O–H groups in total. The first kappa shape index (κ1) is 25.1. The fourth-order valence-corrected chi connectivity index (χ4v) is 3.56. The minimum Gasteiger partial charge on any atom is -0.494 e. The molecule has 0 spiro atoms. The van der Waals surface area contributed by atoms with Crippen molar-refractivity contribution in [2.75, 3.05) is 24.3 Å². The number of methoxy groups -OCH3 is 1. The van der Waals surface area contributed by atoms with Crippen molar-refractivity contribution in [3.63, 3.8) is 0 Å². The lowest BCUT2D eigenvalue weighted by Gasteiger charge is -2.16. The Labute approximate surface area is 212 Å². The summed E-state index contributed by atoms with van der Waals surface area (Å²) < 4.78 is 5.66. The number of primary amides is 1. The van der Waals surface area contributed by atoms with Gasteiger partial charge < -0.3 is 26.4 Å². The van der Waals surface area contributed by atoms with Crippen LogP contribution >= 0.6 is 0 Å². The number of nitriles is 1. The lowest BCUT2D eigenvalue weighted by Crippen LogP contribution is -2.27. The zero-order valence-electron chi connectivity index (χ0n) is 20.0. The molecule has 1 fully saturated rings. The highest BCUT2D eigenvalue weighted by atomic mass is 16.5. The van der Waals surface area contributed by atoms with Gasteiger partial charge in [-0.1, -0.05) is 6.07 Å². The molecule has 37 heavy (non-hydrogen) atoms. The number of nitrogens with one attached hydrogen (secondary N) is 3. The molecule has 2 heterocycles. The number of carbonyl (C=O) groups is 3. The van der Waals surface area contributed by atoms with Crippen LogP contribution in [0.3, 0.4) is 0 Å². The van der Waals surface area contributed by atoms with Crippen LogP contribution in [0.2, 0.25) is 0 Å². The van der Waals surface area contributed by atoms with Crippen LogP contribution in [0, 0.1) is 17.2 Å². The lowest BCUT2D eigenvalue weighted by molar-refractivity contribution is -0.120. The van der Waals surface area contributed by atoms with Crippen LogP contribution in [0.1, 0.15) is 29.6 Å². The third-order valence-electron chi connectivity index (χ3n) is 5.54. The second-order valence-electron chi connectivity index (χ2n) is 8.26. The van der Waals surface area contributed by atoms with Gasteiger partial charge in [0.25, 0.3) is 5.91 Å². The standard InChI is InChI=1S/C24H25N9O4/c1-37-22-15(19-13-29-33(32-19)10-9-27-21(34)7-8-25)3-2-4-17(22)30-18-11-20(28-12-16(18)23(26)35)31-24(36)14-5-6-14/h2-4,11-14H,5-7,9-10H2,1H3,(H2,26,35)(H,27,34)(H2,28,30,31,36). The van der Waals surface area contributed by atoms with Crippen molar-refractivity contribution in [3.8, 4) is 23.1 Å². The molecule has 1 aromatic carbocycles. The molecular formula is C24H25N9O4. The molecule has 190 valence electrons. The number of hydrogen-bond acceptors (Lipinski definition) is 9. The molecule has 0 radical (unpaired) electrons. The molecule has 4 rings (SSSR count). The van der Waals surface area contributed by atoms with E-state index in [9.17, 15) is 14.4 Å². The quantitative estimate of drug-likeness (QED) is 0.301. The van der Waals surface area contributed by atoms with Crippen LogP contribution < -0.4 is 26.4 Å². The first-order chi connectivity index (χ1) is 17.9. The third kappa shape index (κ3) is 6.17. The monoisotopic (exact) mass is 503 g/mol. The summed E-state index contributed by atoms with van der Waals surface area (Å²) in [6, 6.07) is 8.67. The number of nitrogens with two attached hydrogens (primary N) is 1. The SMILES string of the molecule is COc1c(Nc2cc(NC(=O)C3CC3)ncc2C(N)=O)cccc1-c1cnn(CCNC(=O)CC#N)n1. The van der Waals surface area contributed by atoms with Crippen molar-refractivity contribution < 1.29 is 19.1 Å². The van der Waals surface area contributed by atoms with Gasteiger partial charge in [0.15, 0.2) is 5.75 Å².